The van der Waals surface area contributed by atoms with Crippen molar-refractivity contribution in [1.82, 2.24) is 28.9 Å². The molecule has 0 radical (unpaired) electrons. The van der Waals surface area contributed by atoms with Crippen molar-refractivity contribution in [3.8, 4) is 136 Å². The Labute approximate surface area is 689 Å². The summed E-state index contributed by atoms with van der Waals surface area (Å²) in [4.78, 5) is 25.4. The van der Waals surface area contributed by atoms with Gasteiger partial charge in [-0.2, -0.15) is 5.26 Å². The van der Waals surface area contributed by atoms with E-state index in [0.29, 0.717) is 82.6 Å². The number of ether oxygens (including phenoxy) is 2. The second kappa shape index (κ2) is 41.0. The molecular weight excluding hydrogens is 1480 g/mol. The van der Waals surface area contributed by atoms with Crippen LogP contribution in [0.3, 0.4) is 0 Å². The van der Waals surface area contributed by atoms with Gasteiger partial charge in [0, 0.05) is 44.8 Å². The first-order valence-electron chi connectivity index (χ1n) is 38.2. The number of hydrogen-bond donors (Lipinski definition) is 0. The highest BCUT2D eigenvalue weighted by atomic mass is 35.5. The predicted octanol–water partition coefficient (Wildman–Crippen LogP) is 18.2. The van der Waals surface area contributed by atoms with Crippen molar-refractivity contribution in [2.75, 3.05) is 13.2 Å². The topological polar surface area (TPSA) is 108 Å². The number of benzene rings is 8. The summed E-state index contributed by atoms with van der Waals surface area (Å²) in [5.41, 5.74) is 8.28. The maximum Gasteiger partial charge on any atom is 0.328 e. The highest BCUT2D eigenvalue weighted by molar-refractivity contribution is 6.85. The van der Waals surface area contributed by atoms with Gasteiger partial charge in [-0.3, -0.25) is 15.0 Å². The van der Waals surface area contributed by atoms with Crippen LogP contribution in [0.5, 0.6) is 11.5 Å². The van der Waals surface area contributed by atoms with Crippen LogP contribution < -0.4 is 42.0 Å². The smallest absolute Gasteiger partial charge is 0.328 e. The minimum Gasteiger partial charge on any atom is -0.492 e. The van der Waals surface area contributed by atoms with Crippen LogP contribution in [0, 0.1) is 125 Å². The molecule has 0 fully saturated rings. The van der Waals surface area contributed by atoms with Gasteiger partial charge in [-0.15, -0.1) is 12.8 Å². The number of fused-ring (bicyclic) bond motifs is 3. The average Bonchev–Trinajstić information content (AvgIpc) is 1.52. The van der Waals surface area contributed by atoms with E-state index in [2.05, 4.69) is 160 Å². The summed E-state index contributed by atoms with van der Waals surface area (Å²) in [5.74, 6) is 39.9. The van der Waals surface area contributed by atoms with E-state index < -0.39 is 13.7 Å². The molecule has 0 saturated carbocycles. The van der Waals surface area contributed by atoms with Crippen LogP contribution in [0.2, 0.25) is 20.1 Å². The molecule has 12 rings (SSSR count). The van der Waals surface area contributed by atoms with Gasteiger partial charge in [-0.05, 0) is 132 Å². The van der Waals surface area contributed by atoms with E-state index in [4.69, 9.17) is 93.5 Å². The Bertz CT molecular complexity index is 5790. The number of rotatable bonds is 30. The molecule has 554 valence electrons. The summed E-state index contributed by atoms with van der Waals surface area (Å²) in [6, 6.07) is 66.2. The fourth-order valence-corrected chi connectivity index (χ4v) is 15.0. The average molecular weight is 1560 g/mol. The van der Waals surface area contributed by atoms with Crippen molar-refractivity contribution in [3.63, 3.8) is 0 Å². The summed E-state index contributed by atoms with van der Waals surface area (Å²) >= 11 is 27.2. The Morgan fingerprint density at radius 3 is 1.23 bits per heavy atom. The van der Waals surface area contributed by atoms with Crippen LogP contribution in [0.15, 0.2) is 207 Å². The van der Waals surface area contributed by atoms with E-state index in [-0.39, 0.29) is 62.8 Å². The van der Waals surface area contributed by atoms with Crippen molar-refractivity contribution in [2.45, 2.75) is 104 Å². The van der Waals surface area contributed by atoms with Crippen molar-refractivity contribution >= 4 is 126 Å². The first kappa shape index (κ1) is 80.9. The molecule has 0 bridgehead atoms. The molecule has 10 nitrogen and oxygen atoms in total. The Kier molecular flexibility index (Phi) is 29.1. The molecule has 0 aliphatic carbocycles. The molecule has 12 aromatic rings. The lowest BCUT2D eigenvalue weighted by atomic mass is 9.50. The molecule has 0 N–H and O–H groups in total. The standard InChI is InChI=1S/C98H76B2Cl4N8O2/c1-6-10-14-18-22-30-44-71(45-31-23-19-15-11-7-2)69-113-79-58-42-48-73(60-79)95-92-93(98(94(106-5)91-68-108-87-63-83(102)85(104)65-89(87)110-91)112(95)100(77-54-38-28-39-55-77)78-56-40-29-41-57-78)96(74-49-43-59-80(61-74)114-70-72(46-32-24-20-16-12-8-3)47-33-25-21-17-13-9-4)111(99(75-50-34-26-35-51-75)76-52-36-27-37-53-76)97(92)81(66-105)90-67-107-86-62-82(101)84(103)64-88(86)109-90/h1,3,26-29,34-43,48-65,67-68,71-72H,7,9,11,13,15,17,19,21,23,25,31,33,45,47,69-70H2,2,4H3/b97-81-,98-94+. The Hall–Kier alpha value is -12.7. The number of halogens is 4. The number of nitriles is 1. The lowest BCUT2D eigenvalue weighted by Crippen LogP contribution is -2.54. The van der Waals surface area contributed by atoms with Crippen molar-refractivity contribution in [1.29, 1.82) is 5.26 Å². The molecule has 0 saturated heterocycles. The summed E-state index contributed by atoms with van der Waals surface area (Å²) in [6.07, 6.45) is 28.8. The molecule has 4 heterocycles. The van der Waals surface area contributed by atoms with E-state index in [1.165, 1.54) is 12.8 Å². The molecule has 114 heavy (non-hydrogen) atoms. The maximum atomic E-state index is 12.8. The van der Waals surface area contributed by atoms with Crippen LogP contribution in [0.4, 0.5) is 0 Å². The first-order valence-corrected chi connectivity index (χ1v) is 39.7. The molecule has 2 unspecified atom stereocenters. The molecule has 0 spiro atoms. The zero-order valence-corrected chi connectivity index (χ0v) is 66.3. The van der Waals surface area contributed by atoms with Crippen molar-refractivity contribution < 1.29 is 9.47 Å². The van der Waals surface area contributed by atoms with Crippen LogP contribution in [0.25, 0.3) is 71.5 Å². The Morgan fingerprint density at radius 1 is 0.447 bits per heavy atom. The summed E-state index contributed by atoms with van der Waals surface area (Å²) < 4.78 is 18.6. The van der Waals surface area contributed by atoms with Gasteiger partial charge in [-0.1, -0.05) is 317 Å². The lowest BCUT2D eigenvalue weighted by Gasteiger charge is -2.25. The van der Waals surface area contributed by atoms with Gasteiger partial charge in [0.1, 0.15) is 42.0 Å². The maximum absolute atomic E-state index is 12.8. The van der Waals surface area contributed by atoms with Gasteiger partial charge in [-0.25, -0.2) is 9.83 Å². The van der Waals surface area contributed by atoms with Gasteiger partial charge in [0.05, 0.1) is 77.8 Å². The molecule has 0 aliphatic heterocycles. The van der Waals surface area contributed by atoms with E-state index in [0.717, 1.165) is 98.9 Å². The van der Waals surface area contributed by atoms with Crippen molar-refractivity contribution in [2.24, 2.45) is 11.8 Å². The van der Waals surface area contributed by atoms with Crippen LogP contribution in [0.1, 0.15) is 115 Å². The van der Waals surface area contributed by atoms with Crippen LogP contribution in [-0.4, -0.2) is 55.8 Å². The number of terminal acetylenes is 2. The van der Waals surface area contributed by atoms with Gasteiger partial charge < -0.3 is 18.4 Å². The van der Waals surface area contributed by atoms with Crippen LogP contribution in [-0.2, 0) is 0 Å². The molecule has 8 aromatic carbocycles. The van der Waals surface area contributed by atoms with E-state index in [1.54, 1.807) is 36.7 Å². The molecule has 0 aliphatic rings. The van der Waals surface area contributed by atoms with Gasteiger partial charge in [0.2, 0.25) is 5.70 Å². The number of unbranched alkanes of at least 4 members (excludes halogenated alkanes) is 10. The minimum atomic E-state index is -0.756. The lowest BCUT2D eigenvalue weighted by molar-refractivity contribution is 0.270. The zero-order chi connectivity index (χ0) is 79.4. The highest BCUT2D eigenvalue weighted by Crippen LogP contribution is 2.40. The Balaban J connectivity index is 1.28. The normalized spacial score (nSPS) is 11.6. The third-order valence-electron chi connectivity index (χ3n) is 19.6. The largest absolute Gasteiger partial charge is 0.492 e. The van der Waals surface area contributed by atoms with Crippen molar-refractivity contribution in [3.05, 3.63) is 260 Å². The number of aromatic nitrogens is 6. The third kappa shape index (κ3) is 20.0. The SMILES string of the molecule is [C-]#[N+]/C(c1cnc2cc(Cl)c(Cl)cc2n1)=c1\c2c(-c3cccc(OCC(C#CC#CC#CC#C)CCCCCCCC)c3)n(B(c3ccccc3)c3ccccc3)/c(=C(/C#N)c3cnc4cc(Cl)c(Cl)cc4n3)c2c(-c2cccc(OCC(C#CC#CC#CC#C)CCCCCCCC)c2)n1B(c1ccccc1)c1ccccc1. The molecular formula is C98H76B2Cl4N8O2. The fraction of sp³-hybridized carbons (Fsp3) is 0.204. The monoisotopic (exact) mass is 1560 g/mol. The van der Waals surface area contributed by atoms with Gasteiger partial charge in [0.15, 0.2) is 0 Å². The van der Waals surface area contributed by atoms with E-state index >= 15 is 0 Å². The summed E-state index contributed by atoms with van der Waals surface area (Å²) in [7, 11) is 0. The molecule has 0 amide bonds. The van der Waals surface area contributed by atoms with E-state index in [1.807, 2.05) is 121 Å². The first-order chi connectivity index (χ1) is 56.0. The molecule has 4 aromatic heterocycles. The third-order valence-corrected chi connectivity index (χ3v) is 21.1. The number of hydrogen-bond acceptors (Lipinski definition) is 7. The summed E-state index contributed by atoms with van der Waals surface area (Å²) in [6.45, 7) is 13.3. The zero-order valence-electron chi connectivity index (χ0n) is 63.3. The van der Waals surface area contributed by atoms with Crippen LogP contribution >= 0.6 is 46.4 Å². The second-order valence-corrected chi connectivity index (χ2v) is 28.9. The van der Waals surface area contributed by atoms with Gasteiger partial charge in [0.25, 0.3) is 0 Å². The highest BCUT2D eigenvalue weighted by Gasteiger charge is 2.38. The quantitative estimate of drug-likeness (QED) is 0.0191. The number of nitrogens with zero attached hydrogens (tertiary/aromatic N) is 8. The van der Waals surface area contributed by atoms with Gasteiger partial charge >= 0.3 is 13.7 Å². The molecule has 2 atom stereocenters. The molecule has 16 heteroatoms. The minimum absolute atomic E-state index is 0.105. The summed E-state index contributed by atoms with van der Waals surface area (Å²) in [5, 5.41) is 15.9. The second-order valence-electron chi connectivity index (χ2n) is 27.3. The van der Waals surface area contributed by atoms with E-state index in [9.17, 15) is 11.8 Å². The predicted molar refractivity (Wildman–Crippen MR) is 471 cm³/mol. The fourth-order valence-electron chi connectivity index (χ4n) is 14.3. The Morgan fingerprint density at radius 2 is 0.816 bits per heavy atom.